The first-order chi connectivity index (χ1) is 11.4. The van der Waals surface area contributed by atoms with Crippen molar-refractivity contribution in [1.29, 1.82) is 0 Å². The van der Waals surface area contributed by atoms with Gasteiger partial charge in [0.05, 0.1) is 11.6 Å². The molecule has 0 atom stereocenters. The van der Waals surface area contributed by atoms with Crippen molar-refractivity contribution in [3.63, 3.8) is 0 Å². The number of benzene rings is 3. The molecule has 110 valence electrons. The van der Waals surface area contributed by atoms with Crippen molar-refractivity contribution in [3.05, 3.63) is 78.4 Å². The van der Waals surface area contributed by atoms with E-state index < -0.39 is 0 Å². The molecule has 23 heavy (non-hydrogen) atoms. The number of anilines is 1. The monoisotopic (exact) mass is 314 g/mol. The molecule has 0 unspecified atom stereocenters. The molecule has 2 aliphatic heterocycles. The third-order valence-corrected chi connectivity index (χ3v) is 5.12. The highest BCUT2D eigenvalue weighted by atomic mass is 32.2. The summed E-state index contributed by atoms with van der Waals surface area (Å²) in [7, 11) is 0. The number of hydrogen-bond donors (Lipinski definition) is 0. The minimum atomic E-state index is 0.890. The molecule has 2 heterocycles. The Labute approximate surface area is 139 Å². The van der Waals surface area contributed by atoms with Crippen LogP contribution in [0.1, 0.15) is 5.56 Å². The van der Waals surface area contributed by atoms with E-state index in [9.17, 15) is 0 Å². The molecule has 0 radical (unpaired) electrons. The zero-order valence-corrected chi connectivity index (χ0v) is 13.3. The highest BCUT2D eigenvalue weighted by Crippen LogP contribution is 2.43. The van der Waals surface area contributed by atoms with Gasteiger partial charge in [-0.15, -0.1) is 0 Å². The fraction of sp³-hybridized carbons (Fsp3) is 0.0500. The number of amidine groups is 1. The van der Waals surface area contributed by atoms with Crippen molar-refractivity contribution in [3.8, 4) is 22.3 Å². The lowest BCUT2D eigenvalue weighted by molar-refractivity contribution is 1.23. The molecule has 0 saturated carbocycles. The van der Waals surface area contributed by atoms with Crippen LogP contribution >= 0.6 is 11.9 Å². The molecule has 0 bridgehead atoms. The van der Waals surface area contributed by atoms with E-state index in [-0.39, 0.29) is 0 Å². The summed E-state index contributed by atoms with van der Waals surface area (Å²) in [5.41, 5.74) is 7.54. The maximum atomic E-state index is 4.69. The fourth-order valence-corrected chi connectivity index (χ4v) is 4.10. The molecule has 0 amide bonds. The summed E-state index contributed by atoms with van der Waals surface area (Å²) in [6.45, 7) is 0. The van der Waals surface area contributed by atoms with Crippen molar-refractivity contribution in [1.82, 2.24) is 0 Å². The second-order valence-electron chi connectivity index (χ2n) is 5.74. The zero-order chi connectivity index (χ0) is 15.2. The first kappa shape index (κ1) is 13.0. The molecule has 0 aromatic heterocycles. The number of rotatable bonds is 1. The molecular weight excluding hydrogens is 300 g/mol. The lowest BCUT2D eigenvalue weighted by Crippen LogP contribution is -2.31. The maximum absolute atomic E-state index is 4.69. The normalized spacial score (nSPS) is 14.8. The van der Waals surface area contributed by atoms with E-state index in [1.165, 1.54) is 33.5 Å². The van der Waals surface area contributed by atoms with Crippen LogP contribution in [-0.4, -0.2) is 11.7 Å². The van der Waals surface area contributed by atoms with Crippen LogP contribution in [0.25, 0.3) is 22.3 Å². The van der Waals surface area contributed by atoms with Crippen LogP contribution in [0.15, 0.2) is 77.2 Å². The maximum Gasteiger partial charge on any atom is 0.149 e. The van der Waals surface area contributed by atoms with Gasteiger partial charge in [0.2, 0.25) is 0 Å². The van der Waals surface area contributed by atoms with E-state index in [1.54, 1.807) is 11.9 Å². The average Bonchev–Trinajstić information content (AvgIpc) is 3.12. The van der Waals surface area contributed by atoms with E-state index in [1.807, 2.05) is 0 Å². The van der Waals surface area contributed by atoms with E-state index in [2.05, 4.69) is 77.7 Å². The van der Waals surface area contributed by atoms with Gasteiger partial charge in [-0.3, -0.25) is 0 Å². The lowest BCUT2D eigenvalue weighted by atomic mass is 9.90. The first-order valence-corrected chi connectivity index (χ1v) is 8.63. The van der Waals surface area contributed by atoms with Crippen molar-refractivity contribution in [2.45, 2.75) is 0 Å². The summed E-state index contributed by atoms with van der Waals surface area (Å²) in [6.07, 6.45) is 0. The Morgan fingerprint density at radius 2 is 1.57 bits per heavy atom. The van der Waals surface area contributed by atoms with Crippen molar-refractivity contribution < 1.29 is 0 Å². The van der Waals surface area contributed by atoms with Gasteiger partial charge in [-0.2, -0.15) is 4.40 Å². The van der Waals surface area contributed by atoms with Crippen LogP contribution in [0.4, 0.5) is 5.69 Å². The van der Waals surface area contributed by atoms with Gasteiger partial charge < -0.3 is 4.90 Å². The lowest BCUT2D eigenvalue weighted by Gasteiger charge is -2.29. The molecule has 5 rings (SSSR count). The summed E-state index contributed by atoms with van der Waals surface area (Å²) in [5, 5.41) is 0. The Hall–Kier alpha value is -2.52. The molecule has 0 fully saturated rings. The first-order valence-electron chi connectivity index (χ1n) is 7.68. The highest BCUT2D eigenvalue weighted by Gasteiger charge is 2.30. The summed E-state index contributed by atoms with van der Waals surface area (Å²) in [4.78, 5) is 2.32. The van der Waals surface area contributed by atoms with Gasteiger partial charge in [0.25, 0.3) is 0 Å². The van der Waals surface area contributed by atoms with Crippen molar-refractivity contribution in [2.75, 3.05) is 10.8 Å². The minimum absolute atomic E-state index is 0.890. The summed E-state index contributed by atoms with van der Waals surface area (Å²) in [6, 6.07) is 25.9. The number of fused-ring (bicyclic) bond motifs is 6. The smallest absolute Gasteiger partial charge is 0.149 e. The summed E-state index contributed by atoms with van der Waals surface area (Å²) in [5.74, 6) is 1.97. The van der Waals surface area contributed by atoms with Crippen LogP contribution in [0.2, 0.25) is 0 Å². The molecule has 2 aliphatic rings. The fourth-order valence-electron chi connectivity index (χ4n) is 3.35. The quantitative estimate of drug-likeness (QED) is 0.573. The molecule has 3 aromatic rings. The molecule has 3 aromatic carbocycles. The van der Waals surface area contributed by atoms with Crippen LogP contribution in [0, 0.1) is 0 Å². The van der Waals surface area contributed by atoms with Gasteiger partial charge in [-0.25, -0.2) is 0 Å². The van der Waals surface area contributed by atoms with Gasteiger partial charge in [0.1, 0.15) is 5.84 Å². The predicted octanol–water partition coefficient (Wildman–Crippen LogP) is 5.21. The molecule has 2 nitrogen and oxygen atoms in total. The number of nitrogens with zero attached hydrogens (tertiary/aromatic N) is 2. The van der Waals surface area contributed by atoms with Gasteiger partial charge >= 0.3 is 0 Å². The van der Waals surface area contributed by atoms with Crippen LogP contribution in [0.5, 0.6) is 0 Å². The summed E-state index contributed by atoms with van der Waals surface area (Å²) < 4.78 is 4.69. The van der Waals surface area contributed by atoms with E-state index in [0.717, 1.165) is 11.7 Å². The van der Waals surface area contributed by atoms with E-state index in [4.69, 9.17) is 4.40 Å². The Bertz CT molecular complexity index is 931. The topological polar surface area (TPSA) is 15.6 Å². The third kappa shape index (κ3) is 1.93. The van der Waals surface area contributed by atoms with Gasteiger partial charge in [-0.1, -0.05) is 60.7 Å². The average molecular weight is 314 g/mol. The molecule has 0 spiro atoms. The van der Waals surface area contributed by atoms with E-state index in [0.29, 0.717) is 0 Å². The molecule has 3 heteroatoms. The molecule has 0 N–H and O–H groups in total. The predicted molar refractivity (Wildman–Crippen MR) is 98.8 cm³/mol. The Kier molecular flexibility index (Phi) is 2.82. The van der Waals surface area contributed by atoms with Crippen molar-refractivity contribution in [2.24, 2.45) is 4.40 Å². The summed E-state index contributed by atoms with van der Waals surface area (Å²) >= 11 is 1.62. The Morgan fingerprint density at radius 3 is 2.48 bits per heavy atom. The Morgan fingerprint density at radius 1 is 0.739 bits per heavy atom. The third-order valence-electron chi connectivity index (χ3n) is 4.45. The highest BCUT2D eigenvalue weighted by molar-refractivity contribution is 7.98. The van der Waals surface area contributed by atoms with Crippen LogP contribution < -0.4 is 4.90 Å². The largest absolute Gasteiger partial charge is 0.313 e. The van der Waals surface area contributed by atoms with Crippen molar-refractivity contribution >= 4 is 23.5 Å². The number of hydrogen-bond acceptors (Lipinski definition) is 3. The second kappa shape index (κ2) is 5.00. The SMILES string of the molecule is c1ccc(-c2ccc3c(c2)C2=NSCN2c2ccccc2-3)cc1. The molecule has 0 saturated heterocycles. The standard InChI is InChI=1S/C20H14N2S/c1-2-6-14(7-3-1)15-10-11-16-17-8-4-5-9-19(17)22-13-23-21-20(22)18(16)12-15/h1-12H,13H2. The van der Waals surface area contributed by atoms with Gasteiger partial charge in [-0.05, 0) is 40.8 Å². The minimum Gasteiger partial charge on any atom is -0.313 e. The van der Waals surface area contributed by atoms with Gasteiger partial charge in [0, 0.05) is 11.1 Å². The van der Waals surface area contributed by atoms with E-state index >= 15 is 0 Å². The molecular formula is C20H14N2S. The zero-order valence-electron chi connectivity index (χ0n) is 12.4. The Balaban J connectivity index is 1.76. The number of para-hydroxylation sites is 1. The molecule has 0 aliphatic carbocycles. The van der Waals surface area contributed by atoms with Crippen LogP contribution in [-0.2, 0) is 0 Å². The second-order valence-corrected chi connectivity index (χ2v) is 6.44. The van der Waals surface area contributed by atoms with Gasteiger partial charge in [0.15, 0.2) is 0 Å². The van der Waals surface area contributed by atoms with Crippen LogP contribution in [0.3, 0.4) is 0 Å².